The van der Waals surface area contributed by atoms with E-state index in [0.717, 1.165) is 30.8 Å². The molecule has 2 aromatic rings. The van der Waals surface area contributed by atoms with Gasteiger partial charge >= 0.3 is 6.18 Å². The quantitative estimate of drug-likeness (QED) is 0.389. The molecule has 12 heteroatoms. The predicted molar refractivity (Wildman–Crippen MR) is 151 cm³/mol. The first kappa shape index (κ1) is 29.9. The van der Waals surface area contributed by atoms with E-state index in [1.807, 2.05) is 40.7 Å². The van der Waals surface area contributed by atoms with Crippen LogP contribution in [-0.4, -0.2) is 70.9 Å². The number of carbonyl (C=O) groups excluding carboxylic acids is 2. The summed E-state index contributed by atoms with van der Waals surface area (Å²) in [6.07, 6.45) is 0.226. The summed E-state index contributed by atoms with van der Waals surface area (Å²) in [5, 5.41) is 0.861. The second kappa shape index (κ2) is 11.6. The number of halogens is 5. The van der Waals surface area contributed by atoms with Crippen LogP contribution in [0, 0.1) is 17.3 Å². The molecule has 0 unspecified atom stereocenters. The zero-order chi connectivity index (χ0) is 29.5. The maximum Gasteiger partial charge on any atom is 0.419 e. The van der Waals surface area contributed by atoms with Gasteiger partial charge in [-0.25, -0.2) is 9.97 Å². The minimum atomic E-state index is -4.51. The Balaban J connectivity index is 1.31. The summed E-state index contributed by atoms with van der Waals surface area (Å²) in [7, 11) is 0. The standard InChI is InChI=1S/C29H34Cl2F3N5O2/c1-3-37(27-35-13-21(14-36-27)29(32,33)34)15-20-16-39(17-22(20)19-4-5-23(30)24(31)12-19)25(40)18-6-10-38(11-7-18)26(41)28(2)8-9-28/h4-5,12-14,18,20,22H,3,6-11,15-17H2,1-2H3/t20-,22-/m1/s1. The molecule has 1 aromatic heterocycles. The Morgan fingerprint density at radius 2 is 1.71 bits per heavy atom. The number of hydrogen-bond donors (Lipinski definition) is 0. The fourth-order valence-corrected chi connectivity index (χ4v) is 6.30. The third kappa shape index (κ3) is 6.43. The minimum Gasteiger partial charge on any atom is -0.342 e. The number of aromatic nitrogens is 2. The van der Waals surface area contributed by atoms with Crippen molar-refractivity contribution in [1.82, 2.24) is 19.8 Å². The van der Waals surface area contributed by atoms with Crippen LogP contribution in [0.2, 0.25) is 10.0 Å². The SMILES string of the molecule is CCN(C[C@@H]1CN(C(=O)C2CCN(C(=O)C3(C)CC3)CC2)C[C@@H]1c1ccc(Cl)c(Cl)c1)c1ncc(C(F)(F)F)cn1. The van der Waals surface area contributed by atoms with Crippen molar-refractivity contribution in [3.05, 3.63) is 51.8 Å². The van der Waals surface area contributed by atoms with Crippen molar-refractivity contribution < 1.29 is 22.8 Å². The highest BCUT2D eigenvalue weighted by Gasteiger charge is 2.48. The predicted octanol–water partition coefficient (Wildman–Crippen LogP) is 5.91. The largest absolute Gasteiger partial charge is 0.419 e. The van der Waals surface area contributed by atoms with E-state index in [1.165, 1.54) is 0 Å². The van der Waals surface area contributed by atoms with Gasteiger partial charge in [0.05, 0.1) is 15.6 Å². The molecule has 0 N–H and O–H groups in total. The van der Waals surface area contributed by atoms with E-state index in [4.69, 9.17) is 23.2 Å². The number of alkyl halides is 3. The van der Waals surface area contributed by atoms with Crippen LogP contribution in [-0.2, 0) is 15.8 Å². The van der Waals surface area contributed by atoms with Crippen LogP contribution < -0.4 is 4.90 Å². The molecule has 2 atom stereocenters. The number of piperidine rings is 1. The molecule has 3 heterocycles. The molecule has 1 aromatic carbocycles. The number of hydrogen-bond acceptors (Lipinski definition) is 5. The van der Waals surface area contributed by atoms with Crippen molar-refractivity contribution in [2.24, 2.45) is 17.3 Å². The molecule has 41 heavy (non-hydrogen) atoms. The van der Waals surface area contributed by atoms with Crippen LogP contribution in [0.4, 0.5) is 19.1 Å². The average molecular weight is 613 g/mol. The summed E-state index contributed by atoms with van der Waals surface area (Å²) in [4.78, 5) is 40.1. The Labute approximate surface area is 248 Å². The lowest BCUT2D eigenvalue weighted by Crippen LogP contribution is -2.46. The van der Waals surface area contributed by atoms with E-state index >= 15 is 0 Å². The zero-order valence-corrected chi connectivity index (χ0v) is 24.6. The maximum atomic E-state index is 13.7. The first-order valence-electron chi connectivity index (χ1n) is 14.1. The van der Waals surface area contributed by atoms with Crippen LogP contribution >= 0.6 is 23.2 Å². The van der Waals surface area contributed by atoms with Gasteiger partial charge in [-0.15, -0.1) is 0 Å². The van der Waals surface area contributed by atoms with Gasteiger partial charge in [-0.3, -0.25) is 9.59 Å². The molecule has 2 amide bonds. The second-order valence-electron chi connectivity index (χ2n) is 11.7. The zero-order valence-electron chi connectivity index (χ0n) is 23.1. The number of rotatable bonds is 7. The Hall–Kier alpha value is -2.59. The monoisotopic (exact) mass is 611 g/mol. The number of anilines is 1. The molecule has 2 aliphatic heterocycles. The van der Waals surface area contributed by atoms with Gasteiger partial charge in [0, 0.05) is 74.8 Å². The summed E-state index contributed by atoms with van der Waals surface area (Å²) in [5.74, 6) is 0.233. The lowest BCUT2D eigenvalue weighted by Gasteiger charge is -2.34. The number of benzene rings is 1. The maximum absolute atomic E-state index is 13.7. The lowest BCUT2D eigenvalue weighted by molar-refractivity contribution is -0.142. The van der Waals surface area contributed by atoms with E-state index in [9.17, 15) is 22.8 Å². The van der Waals surface area contributed by atoms with Crippen molar-refractivity contribution in [2.75, 3.05) is 44.2 Å². The Morgan fingerprint density at radius 3 is 2.27 bits per heavy atom. The molecule has 7 nitrogen and oxygen atoms in total. The second-order valence-corrected chi connectivity index (χ2v) is 12.5. The Bertz CT molecular complexity index is 1280. The van der Waals surface area contributed by atoms with Crippen molar-refractivity contribution in [2.45, 2.75) is 51.6 Å². The Kier molecular flexibility index (Phi) is 8.45. The lowest BCUT2D eigenvalue weighted by atomic mass is 9.88. The summed E-state index contributed by atoms with van der Waals surface area (Å²) in [5.41, 5.74) is -0.168. The van der Waals surface area contributed by atoms with E-state index in [1.54, 1.807) is 6.07 Å². The first-order valence-corrected chi connectivity index (χ1v) is 14.8. The molecule has 1 aliphatic carbocycles. The number of nitrogens with zero attached hydrogens (tertiary/aromatic N) is 5. The molecule has 0 bridgehead atoms. The fourth-order valence-electron chi connectivity index (χ4n) is 5.99. The Morgan fingerprint density at radius 1 is 1.05 bits per heavy atom. The van der Waals surface area contributed by atoms with Gasteiger partial charge in [0.15, 0.2) is 0 Å². The van der Waals surface area contributed by atoms with Gasteiger partial charge < -0.3 is 14.7 Å². The third-order valence-corrected chi connectivity index (χ3v) is 9.60. The average Bonchev–Trinajstić information content (AvgIpc) is 3.57. The molecule has 0 radical (unpaired) electrons. The highest BCUT2D eigenvalue weighted by Crippen LogP contribution is 2.47. The third-order valence-electron chi connectivity index (χ3n) is 8.86. The van der Waals surface area contributed by atoms with Gasteiger partial charge in [0.25, 0.3) is 0 Å². The van der Waals surface area contributed by atoms with E-state index in [-0.39, 0.29) is 40.9 Å². The summed E-state index contributed by atoms with van der Waals surface area (Å²) in [6, 6.07) is 5.47. The van der Waals surface area contributed by atoms with Crippen molar-refractivity contribution in [1.29, 1.82) is 0 Å². The highest BCUT2D eigenvalue weighted by atomic mass is 35.5. The molecule has 5 rings (SSSR count). The smallest absolute Gasteiger partial charge is 0.342 e. The summed E-state index contributed by atoms with van der Waals surface area (Å²) >= 11 is 12.5. The van der Waals surface area contributed by atoms with Crippen LogP contribution in [0.5, 0.6) is 0 Å². The molecule has 0 spiro atoms. The van der Waals surface area contributed by atoms with E-state index in [0.29, 0.717) is 62.2 Å². The van der Waals surface area contributed by atoms with Crippen molar-refractivity contribution >= 4 is 41.0 Å². The topological polar surface area (TPSA) is 69.6 Å². The van der Waals surface area contributed by atoms with Gasteiger partial charge in [-0.05, 0) is 50.3 Å². The molecule has 3 aliphatic rings. The molecular formula is C29H34Cl2F3N5O2. The van der Waals surface area contributed by atoms with Gasteiger partial charge in [-0.2, -0.15) is 13.2 Å². The van der Waals surface area contributed by atoms with Gasteiger partial charge in [0.2, 0.25) is 17.8 Å². The van der Waals surface area contributed by atoms with Crippen molar-refractivity contribution in [3.8, 4) is 0 Å². The van der Waals surface area contributed by atoms with Gasteiger partial charge in [0.1, 0.15) is 0 Å². The van der Waals surface area contributed by atoms with Crippen LogP contribution in [0.15, 0.2) is 30.6 Å². The number of amides is 2. The number of carbonyl (C=O) groups is 2. The molecule has 2 saturated heterocycles. The highest BCUT2D eigenvalue weighted by molar-refractivity contribution is 6.42. The number of likely N-dealkylation sites (tertiary alicyclic amines) is 2. The first-order chi connectivity index (χ1) is 19.4. The molecule has 222 valence electrons. The molecule has 1 saturated carbocycles. The van der Waals surface area contributed by atoms with Gasteiger partial charge in [-0.1, -0.05) is 36.2 Å². The molecule has 3 fully saturated rings. The van der Waals surface area contributed by atoms with E-state index in [2.05, 4.69) is 9.97 Å². The normalized spacial score (nSPS) is 22.6. The van der Waals surface area contributed by atoms with Crippen LogP contribution in [0.25, 0.3) is 0 Å². The van der Waals surface area contributed by atoms with Crippen molar-refractivity contribution in [3.63, 3.8) is 0 Å². The summed E-state index contributed by atoms with van der Waals surface area (Å²) < 4.78 is 39.1. The van der Waals surface area contributed by atoms with Crippen LogP contribution in [0.3, 0.4) is 0 Å². The minimum absolute atomic E-state index is 0.0430. The summed E-state index contributed by atoms with van der Waals surface area (Å²) in [6.45, 7) is 6.99. The van der Waals surface area contributed by atoms with Crippen LogP contribution in [0.1, 0.15) is 56.6 Å². The van der Waals surface area contributed by atoms with E-state index < -0.39 is 11.7 Å². The fraction of sp³-hybridized carbons (Fsp3) is 0.586. The molecular weight excluding hydrogens is 578 g/mol.